The maximum absolute atomic E-state index is 10.0. The van der Waals surface area contributed by atoms with Crippen molar-refractivity contribution in [2.75, 3.05) is 11.9 Å². The highest BCUT2D eigenvalue weighted by Gasteiger charge is 2.29. The molecule has 2 N–H and O–H groups in total. The first-order valence-electron chi connectivity index (χ1n) is 7.54. The molecule has 0 radical (unpaired) electrons. The van der Waals surface area contributed by atoms with Gasteiger partial charge in [-0.1, -0.05) is 19.9 Å². The maximum Gasteiger partial charge on any atom is 0.123 e. The Balaban J connectivity index is 2.10. The molecule has 1 unspecified atom stereocenters. The molecule has 0 aliphatic heterocycles. The van der Waals surface area contributed by atoms with Crippen LogP contribution in [0.4, 0.5) is 5.69 Å². The average Bonchev–Trinajstić information content (AvgIpc) is 2.37. The van der Waals surface area contributed by atoms with Crippen molar-refractivity contribution < 1.29 is 10.2 Å². The Hall–Kier alpha value is -1.22. The molecule has 1 aromatic rings. The van der Waals surface area contributed by atoms with Crippen molar-refractivity contribution in [3.63, 3.8) is 0 Å². The lowest BCUT2D eigenvalue weighted by molar-refractivity contribution is 0.195. The largest absolute Gasteiger partial charge is 0.507 e. The third-order valence-corrected chi connectivity index (χ3v) is 4.73. The van der Waals surface area contributed by atoms with Crippen molar-refractivity contribution in [2.45, 2.75) is 58.6 Å². The highest BCUT2D eigenvalue weighted by atomic mass is 16.3. The van der Waals surface area contributed by atoms with E-state index >= 15 is 0 Å². The molecule has 1 aliphatic carbocycles. The minimum absolute atomic E-state index is 0.181. The second-order valence-corrected chi connectivity index (χ2v) is 6.93. The van der Waals surface area contributed by atoms with Gasteiger partial charge in [0, 0.05) is 30.4 Å². The van der Waals surface area contributed by atoms with Gasteiger partial charge in [0.15, 0.2) is 0 Å². The molecule has 0 heterocycles. The summed E-state index contributed by atoms with van der Waals surface area (Å²) in [4.78, 5) is 2.26. The molecule has 112 valence electrons. The minimum atomic E-state index is -0.634. The Labute approximate surface area is 122 Å². The zero-order chi connectivity index (χ0) is 14.9. The number of aliphatic hydroxyl groups is 1. The highest BCUT2D eigenvalue weighted by Crippen LogP contribution is 2.38. The molecule has 1 aliphatic rings. The summed E-state index contributed by atoms with van der Waals surface area (Å²) in [5.41, 5.74) is 2.08. The van der Waals surface area contributed by atoms with Crippen LogP contribution in [-0.4, -0.2) is 23.3 Å². The predicted octanol–water partition coefficient (Wildman–Crippen LogP) is 3.85. The Morgan fingerprint density at radius 1 is 1.25 bits per heavy atom. The summed E-state index contributed by atoms with van der Waals surface area (Å²) >= 11 is 0. The summed E-state index contributed by atoms with van der Waals surface area (Å²) in [6.45, 7) is 6.35. The van der Waals surface area contributed by atoms with Gasteiger partial charge < -0.3 is 15.1 Å². The standard InChI is InChI=1S/C17H27NO2/c1-12(19)15-6-5-14(11-16(15)20)18(4)13-7-9-17(2,3)10-8-13/h5-6,11-13,19-20H,7-10H2,1-4H3. The van der Waals surface area contributed by atoms with Gasteiger partial charge in [-0.2, -0.15) is 0 Å². The van der Waals surface area contributed by atoms with Crippen LogP contribution in [0.15, 0.2) is 18.2 Å². The number of rotatable bonds is 3. The number of hydrogen-bond acceptors (Lipinski definition) is 3. The SMILES string of the molecule is CC(O)c1ccc(N(C)C2CCC(C)(C)CC2)cc1O. The zero-order valence-electron chi connectivity index (χ0n) is 13.1. The van der Waals surface area contributed by atoms with Crippen LogP contribution in [0.25, 0.3) is 0 Å². The average molecular weight is 277 g/mol. The Morgan fingerprint density at radius 3 is 2.35 bits per heavy atom. The van der Waals surface area contributed by atoms with Gasteiger partial charge >= 0.3 is 0 Å². The number of aromatic hydroxyl groups is 1. The van der Waals surface area contributed by atoms with Crippen molar-refractivity contribution in [1.29, 1.82) is 0 Å². The van der Waals surface area contributed by atoms with Crippen LogP contribution in [0.3, 0.4) is 0 Å². The number of hydrogen-bond donors (Lipinski definition) is 2. The van der Waals surface area contributed by atoms with Crippen LogP contribution >= 0.6 is 0 Å². The molecule has 2 rings (SSSR count). The van der Waals surface area contributed by atoms with Crippen molar-refractivity contribution >= 4 is 5.69 Å². The van der Waals surface area contributed by atoms with Gasteiger partial charge in [0.2, 0.25) is 0 Å². The monoisotopic (exact) mass is 277 g/mol. The summed E-state index contributed by atoms with van der Waals surface area (Å²) in [6.07, 6.45) is 4.26. The van der Waals surface area contributed by atoms with E-state index in [0.29, 0.717) is 17.0 Å². The molecule has 1 saturated carbocycles. The third kappa shape index (κ3) is 3.26. The lowest BCUT2D eigenvalue weighted by Crippen LogP contribution is -2.37. The topological polar surface area (TPSA) is 43.7 Å². The van der Waals surface area contributed by atoms with Crippen LogP contribution < -0.4 is 4.90 Å². The molecule has 0 saturated heterocycles. The lowest BCUT2D eigenvalue weighted by atomic mass is 9.75. The lowest BCUT2D eigenvalue weighted by Gasteiger charge is -2.39. The van der Waals surface area contributed by atoms with Crippen LogP contribution in [0.5, 0.6) is 5.75 Å². The fraction of sp³-hybridized carbons (Fsp3) is 0.647. The van der Waals surface area contributed by atoms with Crippen LogP contribution in [0.2, 0.25) is 0 Å². The van der Waals surface area contributed by atoms with E-state index in [9.17, 15) is 10.2 Å². The number of aliphatic hydroxyl groups excluding tert-OH is 1. The van der Waals surface area contributed by atoms with Gasteiger partial charge in [0.25, 0.3) is 0 Å². The summed E-state index contributed by atoms with van der Waals surface area (Å²) in [6, 6.07) is 6.11. The van der Waals surface area contributed by atoms with Crippen molar-refractivity contribution in [2.24, 2.45) is 5.41 Å². The van der Waals surface area contributed by atoms with Crippen molar-refractivity contribution in [1.82, 2.24) is 0 Å². The summed E-state index contributed by atoms with van der Waals surface area (Å²) in [5, 5.41) is 19.6. The van der Waals surface area contributed by atoms with Crippen LogP contribution in [0.1, 0.15) is 58.1 Å². The van der Waals surface area contributed by atoms with E-state index < -0.39 is 6.10 Å². The van der Waals surface area contributed by atoms with E-state index in [-0.39, 0.29) is 5.75 Å². The normalized spacial score (nSPS) is 20.6. The molecule has 20 heavy (non-hydrogen) atoms. The van der Waals surface area contributed by atoms with Gasteiger partial charge in [-0.15, -0.1) is 0 Å². The number of phenols is 1. The molecule has 0 bridgehead atoms. The van der Waals surface area contributed by atoms with Gasteiger partial charge in [0.05, 0.1) is 6.10 Å². The van der Waals surface area contributed by atoms with E-state index in [1.807, 2.05) is 12.1 Å². The van der Waals surface area contributed by atoms with Gasteiger partial charge in [-0.05, 0) is 44.1 Å². The molecule has 1 fully saturated rings. The molecule has 3 nitrogen and oxygen atoms in total. The zero-order valence-corrected chi connectivity index (χ0v) is 13.1. The summed E-state index contributed by atoms with van der Waals surface area (Å²) < 4.78 is 0. The van der Waals surface area contributed by atoms with Crippen LogP contribution in [0, 0.1) is 5.41 Å². The van der Waals surface area contributed by atoms with Crippen molar-refractivity contribution in [3.05, 3.63) is 23.8 Å². The molecule has 0 spiro atoms. The molecular weight excluding hydrogens is 250 g/mol. The molecule has 1 atom stereocenters. The fourth-order valence-electron chi connectivity index (χ4n) is 3.09. The third-order valence-electron chi connectivity index (χ3n) is 4.73. The first-order chi connectivity index (χ1) is 9.30. The van der Waals surface area contributed by atoms with Gasteiger partial charge in [-0.3, -0.25) is 0 Å². The number of anilines is 1. The second kappa shape index (κ2) is 5.65. The smallest absolute Gasteiger partial charge is 0.123 e. The Morgan fingerprint density at radius 2 is 1.85 bits per heavy atom. The Bertz CT molecular complexity index is 458. The first kappa shape index (κ1) is 15.2. The number of nitrogens with zero attached hydrogens (tertiary/aromatic N) is 1. The van der Waals surface area contributed by atoms with Crippen LogP contribution in [-0.2, 0) is 0 Å². The predicted molar refractivity (Wildman–Crippen MR) is 83.2 cm³/mol. The Kier molecular flexibility index (Phi) is 4.28. The fourth-order valence-corrected chi connectivity index (χ4v) is 3.09. The number of phenolic OH excluding ortho intramolecular Hbond substituents is 1. The maximum atomic E-state index is 10.0. The van der Waals surface area contributed by atoms with E-state index in [1.54, 1.807) is 13.0 Å². The van der Waals surface area contributed by atoms with E-state index in [2.05, 4.69) is 25.8 Å². The minimum Gasteiger partial charge on any atom is -0.507 e. The molecule has 0 aromatic heterocycles. The molecule has 3 heteroatoms. The summed E-state index contributed by atoms with van der Waals surface area (Å²) in [7, 11) is 2.10. The second-order valence-electron chi connectivity index (χ2n) is 6.93. The molecule has 1 aromatic carbocycles. The summed E-state index contributed by atoms with van der Waals surface area (Å²) in [5.74, 6) is 0.181. The van der Waals surface area contributed by atoms with Gasteiger partial charge in [0.1, 0.15) is 5.75 Å². The van der Waals surface area contributed by atoms with E-state index in [1.165, 1.54) is 25.7 Å². The molecule has 0 amide bonds. The highest BCUT2D eigenvalue weighted by molar-refractivity contribution is 5.54. The quantitative estimate of drug-likeness (QED) is 0.882. The van der Waals surface area contributed by atoms with E-state index in [0.717, 1.165) is 5.69 Å². The van der Waals surface area contributed by atoms with Gasteiger partial charge in [-0.25, -0.2) is 0 Å². The van der Waals surface area contributed by atoms with Crippen molar-refractivity contribution in [3.8, 4) is 5.75 Å². The molecular formula is C17H27NO2. The number of benzene rings is 1. The first-order valence-corrected chi connectivity index (χ1v) is 7.54. The van der Waals surface area contributed by atoms with E-state index in [4.69, 9.17) is 0 Å².